The minimum absolute atomic E-state index is 0.346. The Kier molecular flexibility index (Phi) is 5.54. The van der Waals surface area contributed by atoms with Crippen molar-refractivity contribution < 1.29 is 4.74 Å². The van der Waals surface area contributed by atoms with E-state index in [-0.39, 0.29) is 0 Å². The molecular formula is C14H22N2OS. The molecule has 1 heterocycles. The monoisotopic (exact) mass is 266 g/mol. The van der Waals surface area contributed by atoms with Crippen molar-refractivity contribution in [3.63, 3.8) is 0 Å². The number of rotatable bonds is 6. The summed E-state index contributed by atoms with van der Waals surface area (Å²) in [6, 6.07) is 1.97. The Morgan fingerprint density at radius 1 is 1.44 bits per heavy atom. The first kappa shape index (κ1) is 14.9. The van der Waals surface area contributed by atoms with Crippen LogP contribution in [0.2, 0.25) is 0 Å². The lowest BCUT2D eigenvalue weighted by molar-refractivity contribution is 0.286. The lowest BCUT2D eigenvalue weighted by Gasteiger charge is -2.13. The van der Waals surface area contributed by atoms with Crippen molar-refractivity contribution in [3.8, 4) is 5.88 Å². The molecule has 0 aromatic carbocycles. The maximum Gasteiger partial charge on any atom is 0.224 e. The van der Waals surface area contributed by atoms with Crippen LogP contribution in [0.15, 0.2) is 6.07 Å². The Labute approximate surface area is 115 Å². The van der Waals surface area contributed by atoms with E-state index >= 15 is 0 Å². The van der Waals surface area contributed by atoms with Crippen molar-refractivity contribution in [2.75, 3.05) is 6.61 Å². The number of hydrogen-bond donors (Lipinski definition) is 1. The molecule has 0 saturated carbocycles. The molecule has 0 bridgehead atoms. The van der Waals surface area contributed by atoms with Gasteiger partial charge in [0.25, 0.3) is 0 Å². The number of ether oxygens (including phenoxy) is 1. The topological polar surface area (TPSA) is 48.1 Å². The van der Waals surface area contributed by atoms with Crippen molar-refractivity contribution in [2.45, 2.75) is 40.5 Å². The Bertz CT molecular complexity index is 430. The molecule has 0 amide bonds. The largest absolute Gasteiger partial charge is 0.477 e. The maximum absolute atomic E-state index is 5.73. The Morgan fingerprint density at radius 3 is 2.67 bits per heavy atom. The summed E-state index contributed by atoms with van der Waals surface area (Å²) < 4.78 is 5.73. The van der Waals surface area contributed by atoms with Crippen molar-refractivity contribution in [1.82, 2.24) is 4.98 Å². The first-order chi connectivity index (χ1) is 8.41. The number of nitrogens with two attached hydrogens (primary N) is 1. The van der Waals surface area contributed by atoms with Crippen LogP contribution in [-0.2, 0) is 0 Å². The molecular weight excluding hydrogens is 244 g/mol. The molecule has 0 atom stereocenters. The van der Waals surface area contributed by atoms with Gasteiger partial charge in [-0.2, -0.15) is 0 Å². The summed E-state index contributed by atoms with van der Waals surface area (Å²) in [6.45, 7) is 8.98. The number of aromatic nitrogens is 1. The molecule has 1 rings (SSSR count). The summed E-state index contributed by atoms with van der Waals surface area (Å²) in [7, 11) is 0. The number of thiocarbonyl (C=S) groups is 1. The van der Waals surface area contributed by atoms with Gasteiger partial charge in [-0.05, 0) is 44.2 Å². The van der Waals surface area contributed by atoms with Gasteiger partial charge in [0.15, 0.2) is 0 Å². The molecule has 2 N–H and O–H groups in total. The normalized spacial score (nSPS) is 10.7. The van der Waals surface area contributed by atoms with Gasteiger partial charge in [-0.15, -0.1) is 0 Å². The van der Waals surface area contributed by atoms with E-state index in [1.807, 2.05) is 19.9 Å². The van der Waals surface area contributed by atoms with E-state index in [1.54, 1.807) is 0 Å². The lowest BCUT2D eigenvalue weighted by atomic mass is 10.1. The van der Waals surface area contributed by atoms with Gasteiger partial charge in [0, 0.05) is 5.69 Å². The van der Waals surface area contributed by atoms with Crippen molar-refractivity contribution in [3.05, 3.63) is 22.9 Å². The number of hydrogen-bond acceptors (Lipinski definition) is 3. The van der Waals surface area contributed by atoms with E-state index in [2.05, 4.69) is 18.8 Å². The molecule has 0 fully saturated rings. The van der Waals surface area contributed by atoms with Gasteiger partial charge in [0.05, 0.1) is 12.2 Å². The molecule has 1 aromatic heterocycles. The van der Waals surface area contributed by atoms with Crippen LogP contribution in [0.4, 0.5) is 0 Å². The van der Waals surface area contributed by atoms with Crippen LogP contribution in [0.5, 0.6) is 5.88 Å². The zero-order valence-corrected chi connectivity index (χ0v) is 12.4. The highest BCUT2D eigenvalue weighted by atomic mass is 32.1. The third-order valence-corrected chi connectivity index (χ3v) is 2.93. The van der Waals surface area contributed by atoms with Crippen LogP contribution < -0.4 is 10.5 Å². The summed E-state index contributed by atoms with van der Waals surface area (Å²) in [4.78, 5) is 4.73. The van der Waals surface area contributed by atoms with Crippen LogP contribution in [0.1, 0.15) is 43.5 Å². The zero-order valence-electron chi connectivity index (χ0n) is 11.6. The highest BCUT2D eigenvalue weighted by molar-refractivity contribution is 7.80. The van der Waals surface area contributed by atoms with E-state index in [0.29, 0.717) is 23.4 Å². The molecule has 0 spiro atoms. The van der Waals surface area contributed by atoms with Crippen molar-refractivity contribution in [1.29, 1.82) is 0 Å². The lowest BCUT2D eigenvalue weighted by Crippen LogP contribution is -2.15. The second-order valence-corrected chi connectivity index (χ2v) is 5.45. The van der Waals surface area contributed by atoms with Crippen molar-refractivity contribution >= 4 is 17.2 Å². The van der Waals surface area contributed by atoms with Gasteiger partial charge in [0.1, 0.15) is 4.99 Å². The maximum atomic E-state index is 5.73. The molecule has 1 aromatic rings. The van der Waals surface area contributed by atoms with Gasteiger partial charge in [-0.1, -0.05) is 26.1 Å². The average molecular weight is 266 g/mol. The molecule has 0 aliphatic carbocycles. The standard InChI is InChI=1S/C14H22N2OS/c1-9(2)6-5-7-17-14-12(13(15)18)10(3)8-11(4)16-14/h8-9H,5-7H2,1-4H3,(H2,15,18). The van der Waals surface area contributed by atoms with Gasteiger partial charge in [-0.25, -0.2) is 4.98 Å². The Balaban J connectivity index is 2.77. The first-order valence-corrected chi connectivity index (χ1v) is 6.73. The zero-order chi connectivity index (χ0) is 13.7. The minimum atomic E-state index is 0.346. The number of pyridine rings is 1. The van der Waals surface area contributed by atoms with Crippen molar-refractivity contribution in [2.24, 2.45) is 11.7 Å². The fourth-order valence-electron chi connectivity index (χ4n) is 1.87. The molecule has 3 nitrogen and oxygen atoms in total. The summed E-state index contributed by atoms with van der Waals surface area (Å²) in [5.74, 6) is 1.26. The molecule has 0 unspecified atom stereocenters. The second-order valence-electron chi connectivity index (χ2n) is 5.01. The van der Waals surface area contributed by atoms with E-state index in [0.717, 1.165) is 29.7 Å². The average Bonchev–Trinajstić information content (AvgIpc) is 2.22. The van der Waals surface area contributed by atoms with Crippen LogP contribution in [0.25, 0.3) is 0 Å². The van der Waals surface area contributed by atoms with E-state index in [4.69, 9.17) is 22.7 Å². The SMILES string of the molecule is Cc1cc(C)c(C(N)=S)c(OCCCC(C)C)n1. The molecule has 0 saturated heterocycles. The molecule has 0 aliphatic rings. The predicted molar refractivity (Wildman–Crippen MR) is 79.2 cm³/mol. The van der Waals surface area contributed by atoms with Gasteiger partial charge < -0.3 is 10.5 Å². The quantitative estimate of drug-likeness (QED) is 0.635. The third-order valence-electron chi connectivity index (χ3n) is 2.72. The van der Waals surface area contributed by atoms with Crippen LogP contribution >= 0.6 is 12.2 Å². The van der Waals surface area contributed by atoms with Gasteiger partial charge in [0.2, 0.25) is 5.88 Å². The summed E-state index contributed by atoms with van der Waals surface area (Å²) in [5, 5.41) is 0. The summed E-state index contributed by atoms with van der Waals surface area (Å²) in [6.07, 6.45) is 2.16. The summed E-state index contributed by atoms with van der Waals surface area (Å²) in [5.41, 5.74) is 8.44. The fraction of sp³-hybridized carbons (Fsp3) is 0.571. The number of nitrogens with zero attached hydrogens (tertiary/aromatic N) is 1. The van der Waals surface area contributed by atoms with Gasteiger partial charge >= 0.3 is 0 Å². The second kappa shape index (κ2) is 6.69. The highest BCUT2D eigenvalue weighted by Gasteiger charge is 2.12. The molecule has 100 valence electrons. The van der Waals surface area contributed by atoms with E-state index in [1.165, 1.54) is 0 Å². The Morgan fingerprint density at radius 2 is 2.11 bits per heavy atom. The molecule has 4 heteroatoms. The van der Waals surface area contributed by atoms with Crippen LogP contribution in [-0.4, -0.2) is 16.6 Å². The smallest absolute Gasteiger partial charge is 0.224 e. The highest BCUT2D eigenvalue weighted by Crippen LogP contribution is 2.21. The van der Waals surface area contributed by atoms with Gasteiger partial charge in [-0.3, -0.25) is 0 Å². The minimum Gasteiger partial charge on any atom is -0.477 e. The van der Waals surface area contributed by atoms with Crippen LogP contribution in [0, 0.1) is 19.8 Å². The van der Waals surface area contributed by atoms with E-state index < -0.39 is 0 Å². The predicted octanol–water partition coefficient (Wildman–Crippen LogP) is 3.15. The number of aryl methyl sites for hydroxylation is 2. The molecule has 0 aliphatic heterocycles. The summed E-state index contributed by atoms with van der Waals surface area (Å²) >= 11 is 5.06. The van der Waals surface area contributed by atoms with E-state index in [9.17, 15) is 0 Å². The van der Waals surface area contributed by atoms with Crippen LogP contribution in [0.3, 0.4) is 0 Å². The molecule has 0 radical (unpaired) electrons. The Hall–Kier alpha value is -1.16. The third kappa shape index (κ3) is 4.26. The first-order valence-electron chi connectivity index (χ1n) is 6.32. The fourth-order valence-corrected chi connectivity index (χ4v) is 2.12. The molecule has 18 heavy (non-hydrogen) atoms.